The van der Waals surface area contributed by atoms with Crippen molar-refractivity contribution >= 4 is 28.8 Å². The van der Waals surface area contributed by atoms with Crippen LogP contribution in [0.1, 0.15) is 32.0 Å². The van der Waals surface area contributed by atoms with E-state index >= 15 is 0 Å². The van der Waals surface area contributed by atoms with E-state index in [1.54, 1.807) is 17.6 Å². The number of benzene rings is 1. The molecule has 0 atom stereocenters. The normalized spacial score (nSPS) is 12.3. The van der Waals surface area contributed by atoms with Crippen LogP contribution in [-0.2, 0) is 5.41 Å². The van der Waals surface area contributed by atoms with Crippen molar-refractivity contribution in [3.05, 3.63) is 53.0 Å². The topological polar surface area (TPSA) is 37.3 Å². The molecule has 2 rings (SSSR count). The number of hydrogen-bond donors (Lipinski definition) is 1. The van der Waals surface area contributed by atoms with Crippen LogP contribution in [0.2, 0.25) is 0 Å². The monoisotopic (exact) mass is 285 g/mol. The van der Waals surface area contributed by atoms with Gasteiger partial charge in [0.1, 0.15) is 0 Å². The van der Waals surface area contributed by atoms with Crippen LogP contribution in [0.5, 0.6) is 0 Å². The van der Waals surface area contributed by atoms with Crippen molar-refractivity contribution in [2.75, 3.05) is 5.43 Å². The van der Waals surface area contributed by atoms with Crippen LogP contribution in [0.15, 0.2) is 46.9 Å². The van der Waals surface area contributed by atoms with Gasteiger partial charge in [-0.3, -0.25) is 5.43 Å². The summed E-state index contributed by atoms with van der Waals surface area (Å²) < 4.78 is 0. The van der Waals surface area contributed by atoms with Crippen LogP contribution in [0.4, 0.5) is 5.13 Å². The Morgan fingerprint density at radius 2 is 1.95 bits per heavy atom. The number of rotatable bonds is 4. The largest absolute Gasteiger partial charge is 0.253 e. The lowest BCUT2D eigenvalue weighted by Gasteiger charge is -2.13. The lowest BCUT2D eigenvalue weighted by Crippen LogP contribution is -2.11. The van der Waals surface area contributed by atoms with Gasteiger partial charge in [-0.2, -0.15) is 5.10 Å². The lowest BCUT2D eigenvalue weighted by molar-refractivity contribution is 0.573. The molecule has 0 saturated heterocycles. The average Bonchev–Trinajstić information content (AvgIpc) is 2.88. The summed E-state index contributed by atoms with van der Waals surface area (Å²) in [5.41, 5.74) is 5.26. The molecule has 0 aliphatic carbocycles. The van der Waals surface area contributed by atoms with Gasteiger partial charge in [-0.15, -0.1) is 11.3 Å². The highest BCUT2D eigenvalue weighted by molar-refractivity contribution is 7.13. The number of nitrogens with one attached hydrogen (secondary N) is 1. The van der Waals surface area contributed by atoms with Crippen LogP contribution in [0.3, 0.4) is 0 Å². The lowest BCUT2D eigenvalue weighted by atomic mass is 9.93. The van der Waals surface area contributed by atoms with Crippen molar-refractivity contribution in [2.24, 2.45) is 5.10 Å². The van der Waals surface area contributed by atoms with Crippen LogP contribution >= 0.6 is 11.3 Å². The molecule has 0 bridgehead atoms. The zero-order valence-electron chi connectivity index (χ0n) is 12.0. The Kier molecular flexibility index (Phi) is 4.69. The summed E-state index contributed by atoms with van der Waals surface area (Å²) in [4.78, 5) is 4.51. The van der Waals surface area contributed by atoms with Gasteiger partial charge >= 0.3 is 0 Å². The molecule has 1 aromatic heterocycles. The van der Waals surface area contributed by atoms with Crippen molar-refractivity contribution < 1.29 is 0 Å². The first kappa shape index (κ1) is 14.5. The van der Waals surface area contributed by atoms with Gasteiger partial charge in [0.05, 0.1) is 5.69 Å². The van der Waals surface area contributed by atoms with Crippen molar-refractivity contribution in [3.63, 3.8) is 0 Å². The van der Waals surface area contributed by atoms with E-state index < -0.39 is 0 Å². The summed E-state index contributed by atoms with van der Waals surface area (Å²) in [5.74, 6) is 0. The van der Waals surface area contributed by atoms with Crippen molar-refractivity contribution in [3.8, 4) is 0 Å². The van der Waals surface area contributed by atoms with Gasteiger partial charge in [0.2, 0.25) is 5.13 Å². The Bertz CT molecular complexity index is 592. The zero-order chi connectivity index (χ0) is 14.4. The minimum absolute atomic E-state index is 0.0767. The Labute approximate surface area is 124 Å². The second kappa shape index (κ2) is 6.48. The Balaban J connectivity index is 1.88. The van der Waals surface area contributed by atoms with Gasteiger partial charge in [0.25, 0.3) is 0 Å². The Hall–Kier alpha value is -1.94. The maximum atomic E-state index is 4.51. The second-order valence-corrected chi connectivity index (χ2v) is 6.31. The standard InChI is InChI=1S/C16H19N3S/c1-16(2,3)14-12-20-15(18-14)19-17-11-7-10-13-8-5-4-6-9-13/h4-12H,1-3H3,(H,18,19). The predicted octanol–water partition coefficient (Wildman–Crippen LogP) is 4.55. The molecular weight excluding hydrogens is 266 g/mol. The van der Waals surface area contributed by atoms with Gasteiger partial charge in [-0.25, -0.2) is 4.98 Å². The van der Waals surface area contributed by atoms with E-state index in [1.165, 1.54) is 0 Å². The van der Waals surface area contributed by atoms with E-state index in [9.17, 15) is 0 Å². The number of hydrazone groups is 1. The summed E-state index contributed by atoms with van der Waals surface area (Å²) in [6, 6.07) is 10.1. The highest BCUT2D eigenvalue weighted by Gasteiger charge is 2.16. The summed E-state index contributed by atoms with van der Waals surface area (Å²) in [6.07, 6.45) is 5.64. The molecule has 2 aromatic rings. The molecule has 104 valence electrons. The number of thiazole rings is 1. The third-order valence-electron chi connectivity index (χ3n) is 2.68. The molecule has 0 fully saturated rings. The molecule has 0 aliphatic rings. The van der Waals surface area contributed by atoms with E-state index in [1.807, 2.05) is 42.5 Å². The van der Waals surface area contributed by atoms with Gasteiger partial charge in [0, 0.05) is 17.0 Å². The van der Waals surface area contributed by atoms with Crippen LogP contribution in [0.25, 0.3) is 6.08 Å². The smallest absolute Gasteiger partial charge is 0.203 e. The first-order chi connectivity index (χ1) is 9.55. The fraction of sp³-hybridized carbons (Fsp3) is 0.250. The van der Waals surface area contributed by atoms with Crippen molar-refractivity contribution in [2.45, 2.75) is 26.2 Å². The average molecular weight is 285 g/mol. The Morgan fingerprint density at radius 3 is 2.60 bits per heavy atom. The van der Waals surface area contributed by atoms with E-state index in [4.69, 9.17) is 0 Å². The summed E-state index contributed by atoms with van der Waals surface area (Å²) in [5, 5.41) is 7.02. The third-order valence-corrected chi connectivity index (χ3v) is 3.43. The fourth-order valence-electron chi connectivity index (χ4n) is 1.52. The number of hydrogen-bond acceptors (Lipinski definition) is 4. The summed E-state index contributed by atoms with van der Waals surface area (Å²) in [7, 11) is 0. The van der Waals surface area contributed by atoms with Gasteiger partial charge in [-0.1, -0.05) is 57.2 Å². The first-order valence-electron chi connectivity index (χ1n) is 6.52. The van der Waals surface area contributed by atoms with Crippen molar-refractivity contribution in [1.29, 1.82) is 0 Å². The first-order valence-corrected chi connectivity index (χ1v) is 7.40. The number of aromatic nitrogens is 1. The summed E-state index contributed by atoms with van der Waals surface area (Å²) in [6.45, 7) is 6.45. The molecule has 0 unspecified atom stereocenters. The van der Waals surface area contributed by atoms with Crippen LogP contribution in [0, 0.1) is 0 Å². The van der Waals surface area contributed by atoms with E-state index in [0.717, 1.165) is 16.4 Å². The molecule has 3 nitrogen and oxygen atoms in total. The number of nitrogens with zero attached hydrogens (tertiary/aromatic N) is 2. The number of anilines is 1. The molecule has 1 N–H and O–H groups in total. The fourth-order valence-corrected chi connectivity index (χ4v) is 2.41. The number of allylic oxidation sites excluding steroid dienone is 1. The quantitative estimate of drug-likeness (QED) is 0.661. The third kappa shape index (κ3) is 4.31. The highest BCUT2D eigenvalue weighted by atomic mass is 32.1. The molecule has 0 spiro atoms. The maximum absolute atomic E-state index is 4.51. The molecule has 20 heavy (non-hydrogen) atoms. The molecule has 1 heterocycles. The molecule has 0 radical (unpaired) electrons. The van der Waals surface area contributed by atoms with E-state index in [-0.39, 0.29) is 5.41 Å². The maximum Gasteiger partial charge on any atom is 0.203 e. The minimum Gasteiger partial charge on any atom is -0.253 e. The Morgan fingerprint density at radius 1 is 1.20 bits per heavy atom. The SMILES string of the molecule is CC(C)(C)c1csc(NN=CC=Cc2ccccc2)n1. The molecule has 0 saturated carbocycles. The van der Waals surface area contributed by atoms with E-state index in [0.29, 0.717) is 0 Å². The van der Waals surface area contributed by atoms with Gasteiger partial charge in [-0.05, 0) is 11.6 Å². The predicted molar refractivity (Wildman–Crippen MR) is 88.4 cm³/mol. The van der Waals surface area contributed by atoms with Gasteiger partial charge in [0.15, 0.2) is 0 Å². The molecule has 1 aromatic carbocycles. The second-order valence-electron chi connectivity index (χ2n) is 5.45. The van der Waals surface area contributed by atoms with Crippen molar-refractivity contribution in [1.82, 2.24) is 4.98 Å². The molecular formula is C16H19N3S. The minimum atomic E-state index is 0.0767. The van der Waals surface area contributed by atoms with Gasteiger partial charge < -0.3 is 0 Å². The summed E-state index contributed by atoms with van der Waals surface area (Å²) >= 11 is 1.57. The van der Waals surface area contributed by atoms with Crippen LogP contribution < -0.4 is 5.43 Å². The molecule has 4 heteroatoms. The highest BCUT2D eigenvalue weighted by Crippen LogP contribution is 2.26. The van der Waals surface area contributed by atoms with Crippen LogP contribution in [-0.4, -0.2) is 11.2 Å². The zero-order valence-corrected chi connectivity index (χ0v) is 12.8. The molecule has 0 amide bonds. The van der Waals surface area contributed by atoms with E-state index in [2.05, 4.69) is 41.7 Å². The molecule has 0 aliphatic heterocycles.